The van der Waals surface area contributed by atoms with Crippen LogP contribution in [-0.2, 0) is 28.6 Å². The van der Waals surface area contributed by atoms with E-state index in [1.165, 1.54) is 6.92 Å². The number of amides is 1. The van der Waals surface area contributed by atoms with Crippen LogP contribution in [0.4, 0.5) is 0 Å². The van der Waals surface area contributed by atoms with Gasteiger partial charge in [0.05, 0.1) is 6.61 Å². The minimum absolute atomic E-state index is 0.195. The number of rotatable bonds is 8. The summed E-state index contributed by atoms with van der Waals surface area (Å²) in [4.78, 5) is 33.1. The molecule has 0 heterocycles. The van der Waals surface area contributed by atoms with Gasteiger partial charge in [-0.05, 0) is 27.7 Å². The van der Waals surface area contributed by atoms with Crippen LogP contribution in [0.3, 0.4) is 0 Å². The Morgan fingerprint density at radius 3 is 2.35 bits per heavy atom. The highest BCUT2D eigenvalue weighted by molar-refractivity contribution is 5.79. The number of hydrogen-bond acceptors (Lipinski definition) is 6. The van der Waals surface area contributed by atoms with Crippen molar-refractivity contribution in [2.24, 2.45) is 0 Å². The van der Waals surface area contributed by atoms with Gasteiger partial charge in [0.15, 0.2) is 0 Å². The zero-order valence-corrected chi connectivity index (χ0v) is 12.6. The summed E-state index contributed by atoms with van der Waals surface area (Å²) in [7, 11) is 0. The number of carbonyl (C=O) groups is 3. The molecule has 0 aliphatic rings. The second kappa shape index (κ2) is 8.52. The molecule has 2 unspecified atom stereocenters. The molecular formula is C13H23NO6. The third-order valence-electron chi connectivity index (χ3n) is 2.07. The smallest absolute Gasteiger partial charge is 0.350 e. The molecule has 2 atom stereocenters. The lowest BCUT2D eigenvalue weighted by Crippen LogP contribution is -2.42. The second-order valence-electron chi connectivity index (χ2n) is 5.21. The molecule has 0 saturated heterocycles. The zero-order chi connectivity index (χ0) is 15.8. The largest absolute Gasteiger partial charge is 0.457 e. The highest BCUT2D eigenvalue weighted by Gasteiger charge is 2.33. The summed E-state index contributed by atoms with van der Waals surface area (Å²) < 4.78 is 15.5. The van der Waals surface area contributed by atoms with Gasteiger partial charge < -0.3 is 19.5 Å². The van der Waals surface area contributed by atoms with Crippen molar-refractivity contribution in [3.63, 3.8) is 0 Å². The van der Waals surface area contributed by atoms with Crippen LogP contribution < -0.4 is 5.32 Å². The first kappa shape index (κ1) is 18.4. The van der Waals surface area contributed by atoms with Gasteiger partial charge in [-0.1, -0.05) is 0 Å². The van der Waals surface area contributed by atoms with Gasteiger partial charge in [-0.3, -0.25) is 9.59 Å². The van der Waals surface area contributed by atoms with Gasteiger partial charge in [0.25, 0.3) is 0 Å². The fourth-order valence-electron chi connectivity index (χ4n) is 1.32. The van der Waals surface area contributed by atoms with Crippen molar-refractivity contribution >= 4 is 18.3 Å². The first-order valence-electron chi connectivity index (χ1n) is 6.36. The van der Waals surface area contributed by atoms with Crippen molar-refractivity contribution in [1.29, 1.82) is 0 Å². The molecule has 7 heteroatoms. The van der Waals surface area contributed by atoms with Crippen LogP contribution >= 0.6 is 0 Å². The SMILES string of the molecule is CC(=O)OC(C(=O)OC(C)(C)C)C(C)OCCNC=O. The van der Waals surface area contributed by atoms with E-state index in [0.29, 0.717) is 13.0 Å². The van der Waals surface area contributed by atoms with E-state index in [1.807, 2.05) is 0 Å². The molecule has 0 radical (unpaired) electrons. The topological polar surface area (TPSA) is 90.9 Å². The number of carbonyl (C=O) groups excluding carboxylic acids is 3. The Hall–Kier alpha value is -1.63. The van der Waals surface area contributed by atoms with Crippen LogP contribution in [-0.4, -0.2) is 49.3 Å². The van der Waals surface area contributed by atoms with Crippen molar-refractivity contribution in [1.82, 2.24) is 5.32 Å². The Bertz CT molecular complexity index is 336. The maximum absolute atomic E-state index is 12.0. The number of nitrogens with one attached hydrogen (secondary N) is 1. The Labute approximate surface area is 118 Å². The highest BCUT2D eigenvalue weighted by Crippen LogP contribution is 2.13. The van der Waals surface area contributed by atoms with Crippen LogP contribution in [0.15, 0.2) is 0 Å². The molecule has 0 spiro atoms. The van der Waals surface area contributed by atoms with Crippen molar-refractivity contribution in [3.8, 4) is 0 Å². The van der Waals surface area contributed by atoms with Crippen molar-refractivity contribution in [2.45, 2.75) is 52.4 Å². The molecule has 0 bridgehead atoms. The molecule has 1 amide bonds. The predicted octanol–water partition coefficient (Wildman–Crippen LogP) is 0.411. The van der Waals surface area contributed by atoms with Gasteiger partial charge in [0.2, 0.25) is 12.5 Å². The van der Waals surface area contributed by atoms with Crippen LogP contribution in [0.5, 0.6) is 0 Å². The van der Waals surface area contributed by atoms with E-state index >= 15 is 0 Å². The monoisotopic (exact) mass is 289 g/mol. The Morgan fingerprint density at radius 1 is 1.30 bits per heavy atom. The third-order valence-corrected chi connectivity index (χ3v) is 2.07. The number of hydrogen-bond donors (Lipinski definition) is 1. The summed E-state index contributed by atoms with van der Waals surface area (Å²) in [5.74, 6) is -1.26. The lowest BCUT2D eigenvalue weighted by molar-refractivity contribution is -0.184. The second-order valence-corrected chi connectivity index (χ2v) is 5.21. The predicted molar refractivity (Wildman–Crippen MR) is 70.9 cm³/mol. The van der Waals surface area contributed by atoms with E-state index in [1.54, 1.807) is 27.7 Å². The van der Waals surface area contributed by atoms with E-state index < -0.39 is 29.7 Å². The van der Waals surface area contributed by atoms with Gasteiger partial charge in [0, 0.05) is 13.5 Å². The van der Waals surface area contributed by atoms with Crippen molar-refractivity contribution < 1.29 is 28.6 Å². The highest BCUT2D eigenvalue weighted by atomic mass is 16.6. The summed E-state index contributed by atoms with van der Waals surface area (Å²) in [5, 5.41) is 2.42. The fourth-order valence-corrected chi connectivity index (χ4v) is 1.32. The quantitative estimate of drug-likeness (QED) is 0.395. The lowest BCUT2D eigenvalue weighted by Gasteiger charge is -2.26. The van der Waals surface area contributed by atoms with Gasteiger partial charge in [0.1, 0.15) is 11.7 Å². The molecule has 1 N–H and O–H groups in total. The van der Waals surface area contributed by atoms with Gasteiger partial charge in [-0.2, -0.15) is 0 Å². The van der Waals surface area contributed by atoms with Crippen molar-refractivity contribution in [2.75, 3.05) is 13.2 Å². The minimum atomic E-state index is -1.14. The maximum atomic E-state index is 12.0. The molecule has 116 valence electrons. The summed E-state index contributed by atoms with van der Waals surface area (Å²) in [5.41, 5.74) is -0.686. The maximum Gasteiger partial charge on any atom is 0.350 e. The molecule has 20 heavy (non-hydrogen) atoms. The average Bonchev–Trinajstić information content (AvgIpc) is 2.28. The molecule has 0 aliphatic heterocycles. The molecule has 0 aromatic rings. The van der Waals surface area contributed by atoms with Crippen LogP contribution in [0.2, 0.25) is 0 Å². The average molecular weight is 289 g/mol. The van der Waals surface area contributed by atoms with E-state index in [2.05, 4.69) is 5.32 Å². The summed E-state index contributed by atoms with van der Waals surface area (Å²) in [6, 6.07) is 0. The Kier molecular flexibility index (Phi) is 7.83. The molecule has 0 aromatic heterocycles. The lowest BCUT2D eigenvalue weighted by atomic mass is 10.1. The first-order valence-corrected chi connectivity index (χ1v) is 6.36. The Balaban J connectivity index is 4.56. The minimum Gasteiger partial charge on any atom is -0.457 e. The van der Waals surface area contributed by atoms with E-state index in [-0.39, 0.29) is 6.61 Å². The summed E-state index contributed by atoms with van der Waals surface area (Å²) in [6.45, 7) is 8.45. The normalized spacial score (nSPS) is 14.1. The van der Waals surface area contributed by atoms with Crippen LogP contribution in [0.25, 0.3) is 0 Å². The molecule has 0 aliphatic carbocycles. The molecular weight excluding hydrogens is 266 g/mol. The van der Waals surface area contributed by atoms with Crippen LogP contribution in [0.1, 0.15) is 34.6 Å². The van der Waals surface area contributed by atoms with E-state index in [9.17, 15) is 14.4 Å². The number of esters is 2. The summed E-state index contributed by atoms with van der Waals surface area (Å²) >= 11 is 0. The zero-order valence-electron chi connectivity index (χ0n) is 12.6. The molecule has 0 rings (SSSR count). The molecule has 7 nitrogen and oxygen atoms in total. The van der Waals surface area contributed by atoms with Crippen LogP contribution in [0, 0.1) is 0 Å². The van der Waals surface area contributed by atoms with Crippen molar-refractivity contribution in [3.05, 3.63) is 0 Å². The number of ether oxygens (including phenoxy) is 3. The first-order chi connectivity index (χ1) is 9.17. The van der Waals surface area contributed by atoms with E-state index in [0.717, 1.165) is 0 Å². The molecule has 0 aromatic carbocycles. The standard InChI is InChI=1S/C13H23NO6/c1-9(18-7-6-14-8-15)11(19-10(2)16)12(17)20-13(3,4)5/h8-9,11H,6-7H2,1-5H3,(H,14,15). The molecule has 0 saturated carbocycles. The van der Waals surface area contributed by atoms with Gasteiger partial charge >= 0.3 is 11.9 Å². The van der Waals surface area contributed by atoms with Gasteiger partial charge in [-0.25, -0.2) is 4.79 Å². The molecule has 0 fully saturated rings. The Morgan fingerprint density at radius 2 is 1.90 bits per heavy atom. The fraction of sp³-hybridized carbons (Fsp3) is 0.769. The van der Waals surface area contributed by atoms with E-state index in [4.69, 9.17) is 14.2 Å². The third kappa shape index (κ3) is 8.47. The van der Waals surface area contributed by atoms with Gasteiger partial charge in [-0.15, -0.1) is 0 Å². The summed E-state index contributed by atoms with van der Waals surface area (Å²) in [6.07, 6.45) is -1.27.